The van der Waals surface area contributed by atoms with Gasteiger partial charge in [-0.05, 0) is 43.7 Å². The molecule has 1 heterocycles. The number of hydrogen-bond acceptors (Lipinski definition) is 4. The summed E-state index contributed by atoms with van der Waals surface area (Å²) in [5.74, 6) is 0.337. The first-order valence-electron chi connectivity index (χ1n) is 6.53. The van der Waals surface area contributed by atoms with E-state index in [1.165, 1.54) is 0 Å². The first-order valence-corrected chi connectivity index (χ1v) is 7.41. The second kappa shape index (κ2) is 5.13. The Bertz CT molecular complexity index is 751. The number of rotatable bonds is 3. The number of aromatic hydroxyl groups is 1. The molecule has 0 bridgehead atoms. The van der Waals surface area contributed by atoms with E-state index in [-0.39, 0.29) is 6.04 Å². The molecule has 4 heteroatoms. The number of nitrogens with one attached hydrogen (secondary N) is 1. The number of aromatic nitrogens is 1. The molecule has 1 aromatic heterocycles. The van der Waals surface area contributed by atoms with E-state index in [0.717, 1.165) is 27.0 Å². The predicted octanol–water partition coefficient (Wildman–Crippen LogP) is 4.48. The van der Waals surface area contributed by atoms with Crippen molar-refractivity contribution in [2.75, 3.05) is 5.32 Å². The van der Waals surface area contributed by atoms with Crippen LogP contribution in [0.4, 0.5) is 5.69 Å². The van der Waals surface area contributed by atoms with Gasteiger partial charge in [-0.2, -0.15) is 0 Å². The third-order valence-electron chi connectivity index (χ3n) is 3.37. The summed E-state index contributed by atoms with van der Waals surface area (Å²) in [4.78, 5) is 4.27. The number of nitrogens with zero attached hydrogens (tertiary/aromatic N) is 1. The first kappa shape index (κ1) is 12.9. The van der Waals surface area contributed by atoms with Gasteiger partial charge in [0.1, 0.15) is 5.75 Å². The molecular formula is C16H16N2OS. The number of phenolic OH excluding ortho intramolecular Hbond substituents is 1. The smallest absolute Gasteiger partial charge is 0.121 e. The van der Waals surface area contributed by atoms with Crippen molar-refractivity contribution < 1.29 is 5.11 Å². The summed E-state index contributed by atoms with van der Waals surface area (Å²) in [6.07, 6.45) is 0. The Balaban J connectivity index is 1.85. The Hall–Kier alpha value is -2.07. The topological polar surface area (TPSA) is 45.2 Å². The van der Waals surface area contributed by atoms with Crippen molar-refractivity contribution >= 4 is 27.2 Å². The van der Waals surface area contributed by atoms with Crippen molar-refractivity contribution in [3.05, 3.63) is 53.0 Å². The highest BCUT2D eigenvalue weighted by Gasteiger charge is 2.10. The van der Waals surface area contributed by atoms with Gasteiger partial charge in [0, 0.05) is 11.3 Å². The lowest BCUT2D eigenvalue weighted by atomic mass is 10.0. The Morgan fingerprint density at radius 1 is 1.20 bits per heavy atom. The van der Waals surface area contributed by atoms with Crippen LogP contribution in [0.5, 0.6) is 5.75 Å². The first-order chi connectivity index (χ1) is 9.63. The third kappa shape index (κ3) is 2.47. The molecule has 3 nitrogen and oxygen atoms in total. The van der Waals surface area contributed by atoms with Gasteiger partial charge in [0.15, 0.2) is 0 Å². The second-order valence-corrected chi connectivity index (χ2v) is 5.85. The van der Waals surface area contributed by atoms with E-state index in [2.05, 4.69) is 16.4 Å². The second-order valence-electron chi connectivity index (χ2n) is 4.96. The number of anilines is 1. The number of aryl methyl sites for hydroxylation is 1. The minimum Gasteiger partial charge on any atom is -0.508 e. The van der Waals surface area contributed by atoms with Gasteiger partial charge in [-0.3, -0.25) is 0 Å². The highest BCUT2D eigenvalue weighted by atomic mass is 32.1. The van der Waals surface area contributed by atoms with Crippen LogP contribution in [0.3, 0.4) is 0 Å². The van der Waals surface area contributed by atoms with Crippen molar-refractivity contribution in [3.63, 3.8) is 0 Å². The van der Waals surface area contributed by atoms with E-state index in [4.69, 9.17) is 0 Å². The molecule has 2 N–H and O–H groups in total. The van der Waals surface area contributed by atoms with E-state index in [9.17, 15) is 5.11 Å². The van der Waals surface area contributed by atoms with Crippen LogP contribution in [-0.2, 0) is 0 Å². The number of fused-ring (bicyclic) bond motifs is 1. The fraction of sp³-hybridized carbons (Fsp3) is 0.188. The maximum atomic E-state index is 10.0. The largest absolute Gasteiger partial charge is 0.508 e. The van der Waals surface area contributed by atoms with E-state index in [0.29, 0.717) is 5.75 Å². The summed E-state index contributed by atoms with van der Waals surface area (Å²) < 4.78 is 1.16. The van der Waals surface area contributed by atoms with Crippen LogP contribution in [0.25, 0.3) is 10.2 Å². The average Bonchev–Trinajstić information content (AvgIpc) is 2.85. The predicted molar refractivity (Wildman–Crippen MR) is 84.5 cm³/mol. The van der Waals surface area contributed by atoms with Gasteiger partial charge in [0.05, 0.1) is 21.8 Å². The number of benzene rings is 2. The zero-order chi connectivity index (χ0) is 14.1. The molecule has 0 amide bonds. The number of phenols is 1. The van der Waals surface area contributed by atoms with E-state index >= 15 is 0 Å². The lowest BCUT2D eigenvalue weighted by Crippen LogP contribution is -2.06. The Labute approximate surface area is 121 Å². The zero-order valence-corrected chi connectivity index (χ0v) is 12.2. The average molecular weight is 284 g/mol. The molecule has 3 rings (SSSR count). The molecule has 0 spiro atoms. The van der Waals surface area contributed by atoms with Gasteiger partial charge in [-0.1, -0.05) is 12.1 Å². The van der Waals surface area contributed by atoms with Gasteiger partial charge in [0.2, 0.25) is 0 Å². The molecule has 102 valence electrons. The monoisotopic (exact) mass is 284 g/mol. The molecule has 1 unspecified atom stereocenters. The molecule has 0 aliphatic carbocycles. The summed E-state index contributed by atoms with van der Waals surface area (Å²) in [5, 5.41) is 13.4. The normalized spacial score (nSPS) is 12.5. The van der Waals surface area contributed by atoms with Crippen molar-refractivity contribution in [2.24, 2.45) is 0 Å². The summed E-state index contributed by atoms with van der Waals surface area (Å²) in [6.45, 7) is 4.01. The van der Waals surface area contributed by atoms with Gasteiger partial charge in [0.25, 0.3) is 0 Å². The zero-order valence-electron chi connectivity index (χ0n) is 11.4. The van der Waals surface area contributed by atoms with Crippen LogP contribution in [-0.4, -0.2) is 10.1 Å². The standard InChI is InChI=1S/C16H16N2OS/c1-10-3-5-13(15(19)7-10)11(2)18-12-4-6-14-16(8-12)20-9-17-14/h3-9,11,18-19H,1-2H3. The highest BCUT2D eigenvalue weighted by molar-refractivity contribution is 7.16. The van der Waals surface area contributed by atoms with E-state index < -0.39 is 0 Å². The Morgan fingerprint density at radius 2 is 2.05 bits per heavy atom. The van der Waals surface area contributed by atoms with Gasteiger partial charge in [-0.15, -0.1) is 11.3 Å². The summed E-state index contributed by atoms with van der Waals surface area (Å²) >= 11 is 1.63. The van der Waals surface area contributed by atoms with Crippen molar-refractivity contribution in [1.82, 2.24) is 4.98 Å². The van der Waals surface area contributed by atoms with Crippen LogP contribution in [0.2, 0.25) is 0 Å². The fourth-order valence-corrected chi connectivity index (χ4v) is 3.01. The van der Waals surface area contributed by atoms with E-state index in [1.807, 2.05) is 43.6 Å². The van der Waals surface area contributed by atoms with E-state index in [1.54, 1.807) is 17.4 Å². The fourth-order valence-electron chi connectivity index (χ4n) is 2.29. The molecule has 0 fully saturated rings. The van der Waals surface area contributed by atoms with Crippen LogP contribution >= 0.6 is 11.3 Å². The van der Waals surface area contributed by atoms with Crippen LogP contribution in [0.1, 0.15) is 24.1 Å². The Morgan fingerprint density at radius 3 is 2.85 bits per heavy atom. The molecule has 0 saturated heterocycles. The summed E-state index contributed by atoms with van der Waals surface area (Å²) in [5.41, 5.74) is 5.87. The molecule has 20 heavy (non-hydrogen) atoms. The minimum atomic E-state index is 0.0426. The number of hydrogen-bond donors (Lipinski definition) is 2. The molecule has 0 radical (unpaired) electrons. The third-order valence-corrected chi connectivity index (χ3v) is 4.16. The summed E-state index contributed by atoms with van der Waals surface area (Å²) in [6, 6.07) is 11.9. The number of thiazole rings is 1. The lowest BCUT2D eigenvalue weighted by Gasteiger charge is -2.17. The van der Waals surface area contributed by atoms with Crippen LogP contribution in [0.15, 0.2) is 41.9 Å². The van der Waals surface area contributed by atoms with Gasteiger partial charge >= 0.3 is 0 Å². The highest BCUT2D eigenvalue weighted by Crippen LogP contribution is 2.29. The molecule has 2 aromatic carbocycles. The molecule has 0 aliphatic rings. The van der Waals surface area contributed by atoms with Gasteiger partial charge < -0.3 is 10.4 Å². The maximum absolute atomic E-state index is 10.0. The van der Waals surface area contributed by atoms with Crippen molar-refractivity contribution in [1.29, 1.82) is 0 Å². The van der Waals surface area contributed by atoms with Crippen LogP contribution in [0, 0.1) is 6.92 Å². The lowest BCUT2D eigenvalue weighted by molar-refractivity contribution is 0.465. The van der Waals surface area contributed by atoms with Gasteiger partial charge in [-0.25, -0.2) is 4.98 Å². The van der Waals surface area contributed by atoms with Crippen molar-refractivity contribution in [3.8, 4) is 5.75 Å². The molecule has 1 atom stereocenters. The molecule has 0 saturated carbocycles. The quantitative estimate of drug-likeness (QED) is 0.745. The SMILES string of the molecule is Cc1ccc(C(C)Nc2ccc3ncsc3c2)c(O)c1. The maximum Gasteiger partial charge on any atom is 0.121 e. The molecule has 3 aromatic rings. The minimum absolute atomic E-state index is 0.0426. The van der Waals surface area contributed by atoms with Crippen molar-refractivity contribution in [2.45, 2.75) is 19.9 Å². The van der Waals surface area contributed by atoms with Crippen LogP contribution < -0.4 is 5.32 Å². The Kier molecular flexibility index (Phi) is 3.32. The molecule has 0 aliphatic heterocycles. The summed E-state index contributed by atoms with van der Waals surface area (Å²) in [7, 11) is 0. The molecular weight excluding hydrogens is 268 g/mol.